The summed E-state index contributed by atoms with van der Waals surface area (Å²) in [6, 6.07) is 2.38. The maximum absolute atomic E-state index is 6.82. The van der Waals surface area contributed by atoms with Gasteiger partial charge in [-0.15, -0.1) is 12.4 Å². The van der Waals surface area contributed by atoms with Crippen LogP contribution in [0.5, 0.6) is 0 Å². The summed E-state index contributed by atoms with van der Waals surface area (Å²) in [6.07, 6.45) is 3.39. The number of halogens is 1. The average Bonchev–Trinajstić information content (AvgIpc) is 2.09. The van der Waals surface area contributed by atoms with E-state index in [1.807, 2.05) is 0 Å². The van der Waals surface area contributed by atoms with Crippen molar-refractivity contribution in [2.24, 2.45) is 10.4 Å². The van der Waals surface area contributed by atoms with E-state index in [-0.39, 0.29) is 23.9 Å². The lowest BCUT2D eigenvalue weighted by Gasteiger charge is -2.33. The van der Waals surface area contributed by atoms with Crippen molar-refractivity contribution in [1.29, 1.82) is 5.41 Å². The molecule has 1 N–H and O–H groups in total. The minimum absolute atomic E-state index is 0. The van der Waals surface area contributed by atoms with Crippen LogP contribution in [0.25, 0.3) is 0 Å². The third-order valence-electron chi connectivity index (χ3n) is 3.26. The second-order valence-corrected chi connectivity index (χ2v) is 3.34. The maximum atomic E-state index is 6.82. The molecule has 0 radical (unpaired) electrons. The molecule has 13 heavy (non-hydrogen) atoms. The predicted molar refractivity (Wildman–Crippen MR) is 60.2 cm³/mol. The van der Waals surface area contributed by atoms with Gasteiger partial charge in [0.25, 0.3) is 0 Å². The minimum atomic E-state index is 0. The minimum Gasteiger partial charge on any atom is -0.242 e. The number of rotatable bonds is 5. The summed E-state index contributed by atoms with van der Waals surface area (Å²) < 4.78 is 0. The molecule has 0 aromatic rings. The first-order chi connectivity index (χ1) is 5.66. The zero-order chi connectivity index (χ0) is 9.61. The van der Waals surface area contributed by atoms with Crippen LogP contribution in [-0.4, -0.2) is 12.1 Å². The van der Waals surface area contributed by atoms with Crippen molar-refractivity contribution < 1.29 is 0 Å². The van der Waals surface area contributed by atoms with Gasteiger partial charge in [-0.1, -0.05) is 20.8 Å². The second kappa shape index (κ2) is 7.11. The standard InChI is InChI=1S/C10H20N2.ClH/c1-5-10(6-2,7-3)9(4)12-8-11;/h9,11H,5-7H2,1-4H3;1H. The molecule has 3 heteroatoms. The molecule has 0 rings (SSSR count). The smallest absolute Gasteiger partial charge is 0.0864 e. The lowest BCUT2D eigenvalue weighted by atomic mass is 9.74. The summed E-state index contributed by atoms with van der Waals surface area (Å²) in [7, 11) is 0. The van der Waals surface area contributed by atoms with Crippen molar-refractivity contribution in [3.8, 4) is 0 Å². The fourth-order valence-corrected chi connectivity index (χ4v) is 1.87. The van der Waals surface area contributed by atoms with Gasteiger partial charge in [-0.25, -0.2) is 10.4 Å². The van der Waals surface area contributed by atoms with Gasteiger partial charge in [0.1, 0.15) is 0 Å². The van der Waals surface area contributed by atoms with Crippen LogP contribution in [0.15, 0.2) is 4.99 Å². The van der Waals surface area contributed by atoms with Crippen molar-refractivity contribution in [3.05, 3.63) is 0 Å². The van der Waals surface area contributed by atoms with Crippen molar-refractivity contribution in [2.45, 2.75) is 53.0 Å². The van der Waals surface area contributed by atoms with Crippen LogP contribution in [0.1, 0.15) is 47.0 Å². The first-order valence-electron chi connectivity index (χ1n) is 4.78. The Kier molecular flexibility index (Phi) is 8.29. The number of hydrogen-bond donors (Lipinski definition) is 1. The Morgan fingerprint density at radius 3 is 1.85 bits per heavy atom. The molecule has 78 valence electrons. The zero-order valence-corrected chi connectivity index (χ0v) is 9.87. The molecule has 0 aliphatic rings. The highest BCUT2D eigenvalue weighted by molar-refractivity contribution is 5.85. The molecule has 2 nitrogen and oxygen atoms in total. The van der Waals surface area contributed by atoms with Crippen molar-refractivity contribution in [2.75, 3.05) is 0 Å². The molecule has 0 amide bonds. The molecule has 0 aromatic carbocycles. The molecule has 1 atom stereocenters. The van der Waals surface area contributed by atoms with Crippen LogP contribution in [0.2, 0.25) is 0 Å². The number of nitrogens with zero attached hydrogens (tertiary/aromatic N) is 1. The Labute approximate surface area is 87.8 Å². The Morgan fingerprint density at radius 1 is 1.23 bits per heavy atom. The van der Waals surface area contributed by atoms with Crippen LogP contribution >= 0.6 is 12.4 Å². The Balaban J connectivity index is 0. The van der Waals surface area contributed by atoms with Crippen LogP contribution in [0.4, 0.5) is 0 Å². The summed E-state index contributed by atoms with van der Waals surface area (Å²) in [5.74, 6) is 0. The van der Waals surface area contributed by atoms with Crippen LogP contribution in [-0.2, 0) is 0 Å². The van der Waals surface area contributed by atoms with E-state index in [0.29, 0.717) is 0 Å². The number of aliphatic imine (C=N–C) groups is 1. The van der Waals surface area contributed by atoms with Gasteiger partial charge in [0.15, 0.2) is 0 Å². The Hall–Kier alpha value is -0.330. The molecule has 0 fully saturated rings. The van der Waals surface area contributed by atoms with Crippen LogP contribution in [0.3, 0.4) is 0 Å². The summed E-state index contributed by atoms with van der Waals surface area (Å²) in [6.45, 7) is 8.67. The van der Waals surface area contributed by atoms with E-state index in [2.05, 4.69) is 38.7 Å². The highest BCUT2D eigenvalue weighted by atomic mass is 35.5. The molecular weight excluding hydrogens is 184 g/mol. The first kappa shape index (κ1) is 15.2. The molecule has 0 spiro atoms. The highest BCUT2D eigenvalue weighted by Gasteiger charge is 2.30. The van der Waals surface area contributed by atoms with E-state index in [9.17, 15) is 0 Å². The first-order valence-corrected chi connectivity index (χ1v) is 4.78. The maximum Gasteiger partial charge on any atom is 0.0864 e. The molecule has 0 saturated heterocycles. The highest BCUT2D eigenvalue weighted by Crippen LogP contribution is 2.35. The quantitative estimate of drug-likeness (QED) is 0.662. The second-order valence-electron chi connectivity index (χ2n) is 3.34. The zero-order valence-electron chi connectivity index (χ0n) is 9.05. The molecule has 1 unspecified atom stereocenters. The summed E-state index contributed by atoms with van der Waals surface area (Å²) in [5.41, 5.74) is 0.286. The predicted octanol–water partition coefficient (Wildman–Crippen LogP) is 3.77. The molecule has 0 heterocycles. The van der Waals surface area contributed by atoms with Gasteiger partial charge in [-0.2, -0.15) is 0 Å². The van der Waals surface area contributed by atoms with E-state index < -0.39 is 0 Å². The van der Waals surface area contributed by atoms with E-state index >= 15 is 0 Å². The Morgan fingerprint density at radius 2 is 1.62 bits per heavy atom. The SMILES string of the molecule is CCC(CC)(CC)C(C)N=C=N.Cl. The average molecular weight is 205 g/mol. The number of nitrogens with one attached hydrogen (secondary N) is 1. The van der Waals surface area contributed by atoms with Gasteiger partial charge < -0.3 is 0 Å². The van der Waals surface area contributed by atoms with Crippen molar-refractivity contribution in [1.82, 2.24) is 0 Å². The summed E-state index contributed by atoms with van der Waals surface area (Å²) in [5, 5.41) is 6.82. The normalized spacial score (nSPS) is 12.6. The number of hydrogen-bond acceptors (Lipinski definition) is 2. The molecule has 0 aromatic heterocycles. The van der Waals surface area contributed by atoms with E-state index in [4.69, 9.17) is 5.41 Å². The molecule has 0 aliphatic carbocycles. The largest absolute Gasteiger partial charge is 0.242 e. The fourth-order valence-electron chi connectivity index (χ4n) is 1.87. The van der Waals surface area contributed by atoms with E-state index in [1.54, 1.807) is 0 Å². The van der Waals surface area contributed by atoms with Gasteiger partial charge in [0.2, 0.25) is 0 Å². The van der Waals surface area contributed by atoms with Crippen LogP contribution < -0.4 is 0 Å². The molecule has 0 aliphatic heterocycles. The van der Waals surface area contributed by atoms with Gasteiger partial charge in [-0.05, 0) is 31.6 Å². The monoisotopic (exact) mass is 204 g/mol. The van der Waals surface area contributed by atoms with Gasteiger partial charge >= 0.3 is 0 Å². The molecular formula is C10H21ClN2. The van der Waals surface area contributed by atoms with Crippen molar-refractivity contribution >= 4 is 18.4 Å². The lowest BCUT2D eigenvalue weighted by molar-refractivity contribution is 0.206. The van der Waals surface area contributed by atoms with Gasteiger partial charge in [-0.3, -0.25) is 0 Å². The fraction of sp³-hybridized carbons (Fsp3) is 0.900. The van der Waals surface area contributed by atoms with E-state index in [0.717, 1.165) is 19.3 Å². The molecule has 0 saturated carbocycles. The summed E-state index contributed by atoms with van der Waals surface area (Å²) >= 11 is 0. The summed E-state index contributed by atoms with van der Waals surface area (Å²) in [4.78, 5) is 4.03. The van der Waals surface area contributed by atoms with Gasteiger partial charge in [0, 0.05) is 0 Å². The van der Waals surface area contributed by atoms with Crippen molar-refractivity contribution in [3.63, 3.8) is 0 Å². The van der Waals surface area contributed by atoms with Crippen LogP contribution in [0, 0.1) is 10.8 Å². The van der Waals surface area contributed by atoms with E-state index in [1.165, 1.54) is 0 Å². The Bertz CT molecular complexity index is 161. The van der Waals surface area contributed by atoms with Gasteiger partial charge in [0.05, 0.1) is 12.1 Å². The third kappa shape index (κ3) is 3.50. The topological polar surface area (TPSA) is 36.2 Å². The third-order valence-corrected chi connectivity index (χ3v) is 3.26. The lowest BCUT2D eigenvalue weighted by Crippen LogP contribution is -2.29. The molecule has 0 bridgehead atoms.